The van der Waals surface area contributed by atoms with Crippen LogP contribution in [0, 0.1) is 6.92 Å². The second-order valence-corrected chi connectivity index (χ2v) is 4.76. The third kappa shape index (κ3) is 2.84. The maximum Gasteiger partial charge on any atom is 0.272 e. The van der Waals surface area contributed by atoms with E-state index in [4.69, 9.17) is 0 Å². The molecule has 0 amide bonds. The van der Waals surface area contributed by atoms with Crippen LogP contribution in [-0.2, 0) is 6.54 Å². The molecule has 2 aromatic rings. The zero-order chi connectivity index (χ0) is 13.8. The average molecular weight is 259 g/mol. The van der Waals surface area contributed by atoms with Crippen molar-refractivity contribution in [3.63, 3.8) is 0 Å². The SMILES string of the molecule is CCNC(CC)Cn1c(=O)c(C)nc2ccccc21. The highest BCUT2D eigenvalue weighted by molar-refractivity contribution is 5.74. The van der Waals surface area contributed by atoms with Crippen molar-refractivity contribution in [3.05, 3.63) is 40.3 Å². The molecular weight excluding hydrogens is 238 g/mol. The summed E-state index contributed by atoms with van der Waals surface area (Å²) in [4.78, 5) is 16.7. The average Bonchev–Trinajstić information content (AvgIpc) is 2.42. The molecule has 1 unspecified atom stereocenters. The fraction of sp³-hybridized carbons (Fsp3) is 0.467. The molecule has 4 nitrogen and oxygen atoms in total. The standard InChI is InChI=1S/C15H21N3O/c1-4-12(16-5-2)10-18-14-9-7-6-8-13(14)17-11(3)15(18)19/h6-9,12,16H,4-5,10H2,1-3H3. The number of para-hydroxylation sites is 2. The van der Waals surface area contributed by atoms with Crippen LogP contribution in [-0.4, -0.2) is 22.1 Å². The Kier molecular flexibility index (Phi) is 4.32. The lowest BCUT2D eigenvalue weighted by molar-refractivity contribution is 0.446. The first-order chi connectivity index (χ1) is 9.17. The van der Waals surface area contributed by atoms with E-state index in [1.54, 1.807) is 6.92 Å². The number of hydrogen-bond acceptors (Lipinski definition) is 3. The summed E-state index contributed by atoms with van der Waals surface area (Å²) in [5.74, 6) is 0. The third-order valence-electron chi connectivity index (χ3n) is 3.40. The molecule has 0 aliphatic carbocycles. The molecule has 1 N–H and O–H groups in total. The molecule has 0 saturated carbocycles. The van der Waals surface area contributed by atoms with E-state index >= 15 is 0 Å². The van der Waals surface area contributed by atoms with Gasteiger partial charge in [0.05, 0.1) is 11.0 Å². The molecular formula is C15H21N3O. The van der Waals surface area contributed by atoms with Gasteiger partial charge in [-0.3, -0.25) is 4.79 Å². The number of likely N-dealkylation sites (N-methyl/N-ethyl adjacent to an activating group) is 1. The third-order valence-corrected chi connectivity index (χ3v) is 3.40. The molecule has 0 radical (unpaired) electrons. The molecule has 2 rings (SSSR count). The largest absolute Gasteiger partial charge is 0.312 e. The second-order valence-electron chi connectivity index (χ2n) is 4.76. The number of rotatable bonds is 5. The first kappa shape index (κ1) is 13.7. The number of hydrogen-bond donors (Lipinski definition) is 1. The minimum Gasteiger partial charge on any atom is -0.312 e. The number of fused-ring (bicyclic) bond motifs is 1. The number of nitrogens with one attached hydrogen (secondary N) is 1. The van der Waals surface area contributed by atoms with Gasteiger partial charge in [-0.25, -0.2) is 4.98 Å². The highest BCUT2D eigenvalue weighted by Gasteiger charge is 2.11. The van der Waals surface area contributed by atoms with Crippen LogP contribution >= 0.6 is 0 Å². The van der Waals surface area contributed by atoms with E-state index in [2.05, 4.69) is 24.1 Å². The maximum atomic E-state index is 12.3. The molecule has 0 aliphatic rings. The molecule has 1 aromatic carbocycles. The lowest BCUT2D eigenvalue weighted by Crippen LogP contribution is -2.37. The van der Waals surface area contributed by atoms with Crippen molar-refractivity contribution in [3.8, 4) is 0 Å². The smallest absolute Gasteiger partial charge is 0.272 e. The van der Waals surface area contributed by atoms with Crippen molar-refractivity contribution in [2.45, 2.75) is 39.8 Å². The van der Waals surface area contributed by atoms with Crippen LogP contribution in [0.15, 0.2) is 29.1 Å². The van der Waals surface area contributed by atoms with Crippen LogP contribution in [0.3, 0.4) is 0 Å². The van der Waals surface area contributed by atoms with E-state index < -0.39 is 0 Å². The minimum absolute atomic E-state index is 0.00931. The molecule has 0 spiro atoms. The Hall–Kier alpha value is -1.68. The minimum atomic E-state index is 0.00931. The second kappa shape index (κ2) is 5.97. The topological polar surface area (TPSA) is 46.9 Å². The molecule has 0 fully saturated rings. The van der Waals surface area contributed by atoms with E-state index in [0.717, 1.165) is 24.0 Å². The molecule has 19 heavy (non-hydrogen) atoms. The predicted molar refractivity (Wildman–Crippen MR) is 78.5 cm³/mol. The fourth-order valence-electron chi connectivity index (χ4n) is 2.35. The van der Waals surface area contributed by atoms with E-state index in [1.165, 1.54) is 0 Å². The Bertz CT molecular complexity index is 618. The number of benzene rings is 1. The monoisotopic (exact) mass is 259 g/mol. The van der Waals surface area contributed by atoms with Gasteiger partial charge in [-0.2, -0.15) is 0 Å². The van der Waals surface area contributed by atoms with Gasteiger partial charge in [-0.05, 0) is 32.0 Å². The zero-order valence-electron chi connectivity index (χ0n) is 11.8. The summed E-state index contributed by atoms with van der Waals surface area (Å²) in [7, 11) is 0. The van der Waals surface area contributed by atoms with Crippen molar-refractivity contribution >= 4 is 11.0 Å². The van der Waals surface area contributed by atoms with Gasteiger partial charge in [0.15, 0.2) is 0 Å². The lowest BCUT2D eigenvalue weighted by atomic mass is 10.2. The van der Waals surface area contributed by atoms with E-state index in [1.807, 2.05) is 28.8 Å². The quantitative estimate of drug-likeness (QED) is 0.894. The summed E-state index contributed by atoms with van der Waals surface area (Å²) in [6, 6.07) is 8.12. The lowest BCUT2D eigenvalue weighted by Gasteiger charge is -2.19. The highest BCUT2D eigenvalue weighted by Crippen LogP contribution is 2.10. The summed E-state index contributed by atoms with van der Waals surface area (Å²) in [5, 5.41) is 3.41. The van der Waals surface area contributed by atoms with Crippen LogP contribution in [0.1, 0.15) is 26.0 Å². The number of aromatic nitrogens is 2. The molecule has 0 aliphatic heterocycles. The Labute approximate surface area is 113 Å². The first-order valence-corrected chi connectivity index (χ1v) is 6.87. The van der Waals surface area contributed by atoms with Crippen molar-refractivity contribution in [1.82, 2.24) is 14.9 Å². The van der Waals surface area contributed by atoms with Crippen molar-refractivity contribution < 1.29 is 0 Å². The summed E-state index contributed by atoms with van der Waals surface area (Å²) in [6.45, 7) is 7.59. The predicted octanol–water partition coefficient (Wildman–Crippen LogP) is 2.09. The molecule has 1 atom stereocenters. The van der Waals surface area contributed by atoms with Gasteiger partial charge in [0.25, 0.3) is 5.56 Å². The number of nitrogens with zero attached hydrogens (tertiary/aromatic N) is 2. The molecule has 0 bridgehead atoms. The van der Waals surface area contributed by atoms with Crippen LogP contribution < -0.4 is 10.9 Å². The van der Waals surface area contributed by atoms with Crippen LogP contribution in [0.5, 0.6) is 0 Å². The van der Waals surface area contributed by atoms with E-state index in [-0.39, 0.29) is 5.56 Å². The summed E-state index contributed by atoms with van der Waals surface area (Å²) in [5.41, 5.74) is 2.36. The van der Waals surface area contributed by atoms with Crippen molar-refractivity contribution in [2.75, 3.05) is 6.54 Å². The van der Waals surface area contributed by atoms with E-state index in [9.17, 15) is 4.79 Å². The van der Waals surface area contributed by atoms with Gasteiger partial charge in [0.2, 0.25) is 0 Å². The summed E-state index contributed by atoms with van der Waals surface area (Å²) in [6.07, 6.45) is 0.996. The molecule has 4 heteroatoms. The first-order valence-electron chi connectivity index (χ1n) is 6.87. The van der Waals surface area contributed by atoms with Gasteiger partial charge < -0.3 is 9.88 Å². The normalized spacial score (nSPS) is 12.8. The van der Waals surface area contributed by atoms with Gasteiger partial charge in [0.1, 0.15) is 5.69 Å². The van der Waals surface area contributed by atoms with Crippen LogP contribution in [0.2, 0.25) is 0 Å². The van der Waals surface area contributed by atoms with E-state index in [0.29, 0.717) is 18.3 Å². The molecule has 102 valence electrons. The fourth-order valence-corrected chi connectivity index (χ4v) is 2.35. The summed E-state index contributed by atoms with van der Waals surface area (Å²) >= 11 is 0. The van der Waals surface area contributed by atoms with Crippen LogP contribution in [0.25, 0.3) is 11.0 Å². The van der Waals surface area contributed by atoms with Crippen molar-refractivity contribution in [1.29, 1.82) is 0 Å². The molecule has 1 aromatic heterocycles. The van der Waals surface area contributed by atoms with Gasteiger partial charge >= 0.3 is 0 Å². The number of aryl methyl sites for hydroxylation is 1. The highest BCUT2D eigenvalue weighted by atomic mass is 16.1. The van der Waals surface area contributed by atoms with Gasteiger partial charge in [-0.1, -0.05) is 26.0 Å². The Morgan fingerprint density at radius 2 is 2.05 bits per heavy atom. The molecule has 1 heterocycles. The Balaban J connectivity index is 2.51. The molecule has 0 saturated heterocycles. The van der Waals surface area contributed by atoms with Gasteiger partial charge in [0, 0.05) is 12.6 Å². The Morgan fingerprint density at radius 1 is 1.32 bits per heavy atom. The Morgan fingerprint density at radius 3 is 2.74 bits per heavy atom. The van der Waals surface area contributed by atoms with Crippen LogP contribution in [0.4, 0.5) is 0 Å². The summed E-state index contributed by atoms with van der Waals surface area (Å²) < 4.78 is 1.84. The van der Waals surface area contributed by atoms with Gasteiger partial charge in [-0.15, -0.1) is 0 Å². The maximum absolute atomic E-state index is 12.3. The zero-order valence-corrected chi connectivity index (χ0v) is 11.8. The van der Waals surface area contributed by atoms with Crippen molar-refractivity contribution in [2.24, 2.45) is 0 Å².